The number of rotatable bonds is 11. The molecule has 0 aliphatic carbocycles. The first kappa shape index (κ1) is 39.8. The molecule has 7 heterocycles. The summed E-state index contributed by atoms with van der Waals surface area (Å²) in [6, 6.07) is 8.88. The van der Waals surface area contributed by atoms with E-state index < -0.39 is 19.2 Å². The van der Waals surface area contributed by atoms with E-state index in [0.29, 0.717) is 47.5 Å². The molecule has 1 aromatic carbocycles. The second-order valence-corrected chi connectivity index (χ2v) is 14.4. The zero-order valence-electron chi connectivity index (χ0n) is 31.2. The first-order chi connectivity index (χ1) is 27.4. The maximum absolute atomic E-state index is 13.7. The minimum Gasteiger partial charge on any atom is -0.495 e. The number of imidazole rings is 2. The average Bonchev–Trinajstić information content (AvgIpc) is 4.02. The number of anilines is 1. The number of hydrogen-bond donors (Lipinski definition) is 3. The van der Waals surface area contributed by atoms with Crippen molar-refractivity contribution in [1.29, 1.82) is 0 Å². The predicted molar refractivity (Wildman–Crippen MR) is 202 cm³/mol. The Kier molecular flexibility index (Phi) is 11.8. The highest BCUT2D eigenvalue weighted by molar-refractivity contribution is 6.30. The summed E-state index contributed by atoms with van der Waals surface area (Å²) in [5.41, 5.74) is 3.12. The number of amides is 2. The molecule has 0 saturated carbocycles. The van der Waals surface area contributed by atoms with Crippen molar-refractivity contribution in [2.75, 3.05) is 51.3 Å². The first-order valence-corrected chi connectivity index (χ1v) is 18.8. The second-order valence-electron chi connectivity index (χ2n) is 14.0. The Bertz CT molecular complexity index is 2250. The summed E-state index contributed by atoms with van der Waals surface area (Å²) in [4.78, 5) is 41.9. The number of aromatic nitrogens is 6. The van der Waals surface area contributed by atoms with Crippen LogP contribution < -0.4 is 35.1 Å². The Morgan fingerprint density at radius 1 is 0.789 bits per heavy atom. The highest BCUT2D eigenvalue weighted by Crippen LogP contribution is 2.37. The largest absolute Gasteiger partial charge is 0.495 e. The molecule has 15 nitrogen and oxygen atoms in total. The van der Waals surface area contributed by atoms with Gasteiger partial charge in [-0.15, -0.1) is 0 Å². The van der Waals surface area contributed by atoms with Gasteiger partial charge in [-0.05, 0) is 32.0 Å². The van der Waals surface area contributed by atoms with E-state index in [0.717, 1.165) is 54.7 Å². The molecule has 57 heavy (non-hydrogen) atoms. The lowest BCUT2D eigenvalue weighted by atomic mass is 10.0. The van der Waals surface area contributed by atoms with Crippen LogP contribution >= 0.6 is 11.6 Å². The molecule has 4 aromatic heterocycles. The van der Waals surface area contributed by atoms with Crippen molar-refractivity contribution in [3.8, 4) is 28.8 Å². The van der Waals surface area contributed by atoms with Crippen LogP contribution in [0.3, 0.4) is 0 Å². The molecular weight excluding hydrogens is 776 g/mol. The molecule has 3 aliphatic rings. The zero-order chi connectivity index (χ0) is 40.4. The van der Waals surface area contributed by atoms with E-state index in [-0.39, 0.29) is 63.2 Å². The number of halogens is 5. The zero-order valence-corrected chi connectivity index (χ0v) is 32.0. The summed E-state index contributed by atoms with van der Waals surface area (Å²) < 4.78 is 72.4. The van der Waals surface area contributed by atoms with E-state index in [1.807, 2.05) is 25.1 Å². The van der Waals surface area contributed by atoms with Gasteiger partial charge in [-0.1, -0.05) is 17.7 Å². The van der Waals surface area contributed by atoms with Gasteiger partial charge >= 0.3 is 13.1 Å². The van der Waals surface area contributed by atoms with Crippen LogP contribution in [0.15, 0.2) is 43.0 Å². The molecule has 8 rings (SSSR count). The Labute approximate surface area is 329 Å². The summed E-state index contributed by atoms with van der Waals surface area (Å²) in [6.45, 7) is 2.53. The quantitative estimate of drug-likeness (QED) is 0.119. The third-order valence-corrected chi connectivity index (χ3v) is 10.5. The Morgan fingerprint density at radius 2 is 1.33 bits per heavy atom. The van der Waals surface area contributed by atoms with Gasteiger partial charge < -0.3 is 35.1 Å². The van der Waals surface area contributed by atoms with Gasteiger partial charge in [0.05, 0.1) is 29.5 Å². The molecule has 3 aliphatic heterocycles. The maximum Gasteiger partial charge on any atom is 0.320 e. The molecule has 3 fully saturated rings. The van der Waals surface area contributed by atoms with Crippen molar-refractivity contribution in [3.05, 3.63) is 48.1 Å². The standard InChI is InChI=1S/C24H28F2N6O3.C13H13ClF2N4O2/c1-14(16-10-21(33)28-12-16)35-23-22-18(29-13-32(22)24(25)26)11-17(30-23)15-3-4-19(20(9-15)34-2)31-7-5-27-6-8-31;1-6(7-2-10(21)17-4-7)22-12-11-8(3-9(14)19-12)18-5-20(11)13(15)16/h3-4,9,11,13-14,16,24,27H,5-8,10,12H2,1-2H3,(H,28,33);3,5-7,13H,2,4H2,1H3,(H,17,21)/t14-,16-;6-,7-/m11/s1. The van der Waals surface area contributed by atoms with E-state index >= 15 is 0 Å². The van der Waals surface area contributed by atoms with Gasteiger partial charge in [-0.2, -0.15) is 22.5 Å². The van der Waals surface area contributed by atoms with E-state index in [4.69, 9.17) is 25.8 Å². The molecule has 2 amide bonds. The number of carbonyl (C=O) groups excluding carboxylic acids is 2. The fourth-order valence-corrected chi connectivity index (χ4v) is 7.28. The molecule has 0 radical (unpaired) electrons. The molecule has 0 unspecified atom stereocenters. The van der Waals surface area contributed by atoms with Gasteiger partial charge in [0, 0.05) is 75.6 Å². The summed E-state index contributed by atoms with van der Waals surface area (Å²) >= 11 is 5.88. The van der Waals surface area contributed by atoms with Crippen LogP contribution in [0, 0.1) is 11.8 Å². The molecule has 4 atom stereocenters. The van der Waals surface area contributed by atoms with Crippen LogP contribution in [0.1, 0.15) is 39.8 Å². The lowest BCUT2D eigenvalue weighted by Gasteiger charge is -2.30. The van der Waals surface area contributed by atoms with Gasteiger partial charge in [0.15, 0.2) is 0 Å². The number of piperazine rings is 1. The average molecular weight is 817 g/mol. The number of benzene rings is 1. The molecule has 304 valence electrons. The smallest absolute Gasteiger partial charge is 0.320 e. The minimum absolute atomic E-state index is 0.00727. The van der Waals surface area contributed by atoms with E-state index in [2.05, 4.69) is 40.8 Å². The number of nitrogens with zero attached hydrogens (tertiary/aromatic N) is 7. The number of alkyl halides is 4. The number of hydrogen-bond acceptors (Lipinski definition) is 11. The number of nitrogens with one attached hydrogen (secondary N) is 3. The molecule has 3 saturated heterocycles. The summed E-state index contributed by atoms with van der Waals surface area (Å²) in [6.07, 6.45) is 1.97. The SMILES string of the molecule is COc1cc(-c2cc3ncn(C(F)F)c3c(O[C@H](C)[C@H]3CNC(=O)C3)n2)ccc1N1CCNCC1.C[C@@H](Oc1nc(Cl)cc2ncn(C(F)F)c12)[C@H]1CNC(=O)C1. The fraction of sp³-hybridized carbons (Fsp3) is 0.459. The Hall–Kier alpha value is -5.43. The third kappa shape index (κ3) is 8.63. The lowest BCUT2D eigenvalue weighted by molar-refractivity contribution is -0.120. The molecule has 0 bridgehead atoms. The van der Waals surface area contributed by atoms with E-state index in [1.54, 1.807) is 20.1 Å². The normalized spacial score (nSPS) is 19.4. The van der Waals surface area contributed by atoms with Gasteiger partial charge in [0.1, 0.15) is 46.8 Å². The molecule has 3 N–H and O–H groups in total. The first-order valence-electron chi connectivity index (χ1n) is 18.4. The van der Waals surface area contributed by atoms with E-state index in [1.165, 1.54) is 6.07 Å². The van der Waals surface area contributed by atoms with Gasteiger partial charge in [0.2, 0.25) is 23.6 Å². The summed E-state index contributed by atoms with van der Waals surface area (Å²) in [5.74, 6) is 0.527. The topological polar surface area (TPSA) is 163 Å². The number of ether oxygens (including phenoxy) is 3. The molecular formula is C37H41ClF4N10O5. The number of methoxy groups -OCH3 is 1. The van der Waals surface area contributed by atoms with Gasteiger partial charge in [-0.25, -0.2) is 15.0 Å². The second kappa shape index (κ2) is 17.0. The monoisotopic (exact) mass is 816 g/mol. The van der Waals surface area contributed by atoms with Crippen molar-refractivity contribution in [1.82, 2.24) is 45.0 Å². The van der Waals surface area contributed by atoms with Crippen molar-refractivity contribution in [2.45, 2.75) is 52.0 Å². The van der Waals surface area contributed by atoms with Crippen molar-refractivity contribution in [3.63, 3.8) is 0 Å². The van der Waals surface area contributed by atoms with Crippen LogP contribution in [-0.4, -0.2) is 99.5 Å². The maximum atomic E-state index is 13.7. The summed E-state index contributed by atoms with van der Waals surface area (Å²) in [5, 5.41) is 8.93. The van der Waals surface area contributed by atoms with Crippen LogP contribution in [0.25, 0.3) is 33.3 Å². The van der Waals surface area contributed by atoms with Crippen molar-refractivity contribution in [2.24, 2.45) is 11.8 Å². The molecule has 20 heteroatoms. The fourth-order valence-electron chi connectivity index (χ4n) is 7.10. The Morgan fingerprint density at radius 3 is 1.84 bits per heavy atom. The highest BCUT2D eigenvalue weighted by atomic mass is 35.5. The molecule has 5 aromatic rings. The predicted octanol–water partition coefficient (Wildman–Crippen LogP) is 5.20. The van der Waals surface area contributed by atoms with Crippen LogP contribution in [0.2, 0.25) is 5.15 Å². The van der Waals surface area contributed by atoms with Crippen molar-refractivity contribution >= 4 is 51.2 Å². The van der Waals surface area contributed by atoms with Crippen LogP contribution in [0.4, 0.5) is 23.2 Å². The van der Waals surface area contributed by atoms with Crippen LogP contribution in [-0.2, 0) is 9.59 Å². The minimum atomic E-state index is -2.79. The summed E-state index contributed by atoms with van der Waals surface area (Å²) in [7, 11) is 1.62. The van der Waals surface area contributed by atoms with Crippen molar-refractivity contribution < 1.29 is 41.4 Å². The molecule has 0 spiro atoms. The van der Waals surface area contributed by atoms with Gasteiger partial charge in [-0.3, -0.25) is 18.7 Å². The van der Waals surface area contributed by atoms with Crippen LogP contribution in [0.5, 0.6) is 17.5 Å². The number of fused-ring (bicyclic) bond motifs is 2. The highest BCUT2D eigenvalue weighted by Gasteiger charge is 2.31. The third-order valence-electron chi connectivity index (χ3n) is 10.3. The van der Waals surface area contributed by atoms with Gasteiger partial charge in [0.25, 0.3) is 0 Å². The number of carbonyl (C=O) groups is 2. The van der Waals surface area contributed by atoms with E-state index in [9.17, 15) is 27.2 Å². The Balaban J connectivity index is 0.000000194. The lowest BCUT2D eigenvalue weighted by Crippen LogP contribution is -2.43. The number of pyridine rings is 2.